The second kappa shape index (κ2) is 4.51. The van der Waals surface area contributed by atoms with Crippen LogP contribution in [0.4, 0.5) is 17.6 Å². The SMILES string of the molecule is Oc1cccc(CCC(F)C(F)(F)F)c1. The molecule has 15 heavy (non-hydrogen) atoms. The third-order valence-electron chi connectivity index (χ3n) is 1.95. The van der Waals surface area contributed by atoms with Crippen LogP contribution in [-0.4, -0.2) is 17.5 Å². The Balaban J connectivity index is 2.51. The van der Waals surface area contributed by atoms with Crippen molar-refractivity contribution in [3.8, 4) is 5.75 Å². The number of aromatic hydroxyl groups is 1. The topological polar surface area (TPSA) is 20.2 Å². The largest absolute Gasteiger partial charge is 0.508 e. The van der Waals surface area contributed by atoms with Crippen LogP contribution in [-0.2, 0) is 6.42 Å². The summed E-state index contributed by atoms with van der Waals surface area (Å²) in [6, 6.07) is 5.78. The maximum Gasteiger partial charge on any atom is 0.419 e. The van der Waals surface area contributed by atoms with Gasteiger partial charge in [-0.2, -0.15) is 13.2 Å². The molecule has 0 aliphatic heterocycles. The van der Waals surface area contributed by atoms with Crippen molar-refractivity contribution in [3.05, 3.63) is 29.8 Å². The highest BCUT2D eigenvalue weighted by atomic mass is 19.4. The van der Waals surface area contributed by atoms with Gasteiger partial charge in [-0.25, -0.2) is 4.39 Å². The summed E-state index contributed by atoms with van der Waals surface area (Å²) in [6.07, 6.45) is -8.27. The first-order valence-electron chi connectivity index (χ1n) is 4.38. The predicted octanol–water partition coefficient (Wildman–Crippen LogP) is 3.23. The fourth-order valence-electron chi connectivity index (χ4n) is 1.17. The number of aryl methyl sites for hydroxylation is 1. The van der Waals surface area contributed by atoms with E-state index in [1.54, 1.807) is 6.07 Å². The van der Waals surface area contributed by atoms with Crippen LogP contribution < -0.4 is 0 Å². The average molecular weight is 222 g/mol. The molecule has 0 spiro atoms. The zero-order valence-corrected chi connectivity index (χ0v) is 7.76. The first-order valence-corrected chi connectivity index (χ1v) is 4.38. The minimum atomic E-state index is -4.79. The van der Waals surface area contributed by atoms with Gasteiger partial charge in [0.1, 0.15) is 5.75 Å². The van der Waals surface area contributed by atoms with Crippen molar-refractivity contribution in [2.24, 2.45) is 0 Å². The van der Waals surface area contributed by atoms with Crippen LogP contribution in [0, 0.1) is 0 Å². The van der Waals surface area contributed by atoms with E-state index in [0.29, 0.717) is 5.56 Å². The second-order valence-corrected chi connectivity index (χ2v) is 3.22. The van der Waals surface area contributed by atoms with E-state index in [-0.39, 0.29) is 12.2 Å². The van der Waals surface area contributed by atoms with Crippen LogP contribution >= 0.6 is 0 Å². The minimum absolute atomic E-state index is 0.0325. The van der Waals surface area contributed by atoms with Crippen molar-refractivity contribution in [2.75, 3.05) is 0 Å². The summed E-state index contributed by atoms with van der Waals surface area (Å²) in [5, 5.41) is 9.02. The monoisotopic (exact) mass is 222 g/mol. The molecule has 84 valence electrons. The van der Waals surface area contributed by atoms with Crippen molar-refractivity contribution in [2.45, 2.75) is 25.2 Å². The summed E-state index contributed by atoms with van der Waals surface area (Å²) in [6.45, 7) is 0. The van der Waals surface area contributed by atoms with E-state index >= 15 is 0 Å². The third-order valence-corrected chi connectivity index (χ3v) is 1.95. The highest BCUT2D eigenvalue weighted by molar-refractivity contribution is 5.27. The molecule has 1 nitrogen and oxygen atoms in total. The number of hydrogen-bond acceptors (Lipinski definition) is 1. The molecule has 0 aromatic heterocycles. The van der Waals surface area contributed by atoms with Gasteiger partial charge in [-0.15, -0.1) is 0 Å². The molecule has 0 aliphatic carbocycles. The van der Waals surface area contributed by atoms with Gasteiger partial charge in [0, 0.05) is 0 Å². The van der Waals surface area contributed by atoms with Gasteiger partial charge >= 0.3 is 6.18 Å². The van der Waals surface area contributed by atoms with Gasteiger partial charge < -0.3 is 5.11 Å². The van der Waals surface area contributed by atoms with Crippen molar-refractivity contribution in [1.82, 2.24) is 0 Å². The molecule has 0 saturated heterocycles. The van der Waals surface area contributed by atoms with Crippen LogP contribution in [0.2, 0.25) is 0 Å². The molecule has 5 heteroatoms. The first kappa shape index (κ1) is 11.8. The van der Waals surface area contributed by atoms with E-state index in [0.717, 1.165) is 0 Å². The van der Waals surface area contributed by atoms with Crippen LogP contribution in [0.3, 0.4) is 0 Å². The number of benzene rings is 1. The van der Waals surface area contributed by atoms with E-state index in [9.17, 15) is 17.6 Å². The Hall–Kier alpha value is -1.26. The zero-order valence-electron chi connectivity index (χ0n) is 7.76. The number of alkyl halides is 4. The van der Waals surface area contributed by atoms with Gasteiger partial charge in [0.2, 0.25) is 0 Å². The van der Waals surface area contributed by atoms with Gasteiger partial charge in [-0.05, 0) is 30.5 Å². The Labute approximate surface area is 84.3 Å². The zero-order chi connectivity index (χ0) is 11.5. The Bertz CT molecular complexity index is 321. The molecule has 0 heterocycles. The molecule has 0 amide bonds. The lowest BCUT2D eigenvalue weighted by molar-refractivity contribution is -0.181. The summed E-state index contributed by atoms with van der Waals surface area (Å²) in [5.41, 5.74) is 0.488. The number of halogens is 4. The maximum absolute atomic E-state index is 12.5. The van der Waals surface area contributed by atoms with Crippen molar-refractivity contribution < 1.29 is 22.7 Å². The van der Waals surface area contributed by atoms with Gasteiger partial charge in [-0.3, -0.25) is 0 Å². The Morgan fingerprint density at radius 2 is 1.93 bits per heavy atom. The maximum atomic E-state index is 12.5. The summed E-state index contributed by atoms with van der Waals surface area (Å²) in [7, 11) is 0. The molecule has 0 bridgehead atoms. The molecule has 0 aliphatic rings. The molecule has 1 unspecified atom stereocenters. The van der Waals surface area contributed by atoms with Gasteiger partial charge in [-0.1, -0.05) is 12.1 Å². The molecular weight excluding hydrogens is 212 g/mol. The lowest BCUT2D eigenvalue weighted by atomic mass is 10.1. The van der Waals surface area contributed by atoms with Gasteiger partial charge in [0.05, 0.1) is 0 Å². The molecule has 1 aromatic rings. The molecule has 0 fully saturated rings. The average Bonchev–Trinajstić information content (AvgIpc) is 2.12. The second-order valence-electron chi connectivity index (χ2n) is 3.22. The Kier molecular flexibility index (Phi) is 3.55. The quantitative estimate of drug-likeness (QED) is 0.778. The molecule has 0 saturated carbocycles. The molecule has 1 N–H and O–H groups in total. The van der Waals surface area contributed by atoms with Crippen LogP contribution in [0.15, 0.2) is 24.3 Å². The first-order chi connectivity index (χ1) is 6.89. The number of phenolic OH excluding ortho intramolecular Hbond substituents is 1. The highest BCUT2D eigenvalue weighted by Gasteiger charge is 2.39. The fraction of sp³-hybridized carbons (Fsp3) is 0.400. The standard InChI is InChI=1S/C10H10F4O/c11-9(10(12,13)14)5-4-7-2-1-3-8(15)6-7/h1-3,6,9,15H,4-5H2. The summed E-state index contributed by atoms with van der Waals surface area (Å²) in [4.78, 5) is 0. The third kappa shape index (κ3) is 3.77. The molecule has 0 radical (unpaired) electrons. The van der Waals surface area contributed by atoms with Crippen molar-refractivity contribution in [1.29, 1.82) is 0 Å². The van der Waals surface area contributed by atoms with Crippen LogP contribution in [0.1, 0.15) is 12.0 Å². The summed E-state index contributed by atoms with van der Waals surface area (Å²) in [5.74, 6) is -0.0325. The van der Waals surface area contributed by atoms with Gasteiger partial charge in [0.25, 0.3) is 0 Å². The van der Waals surface area contributed by atoms with Gasteiger partial charge in [0.15, 0.2) is 6.17 Å². The Morgan fingerprint density at radius 3 is 2.47 bits per heavy atom. The summed E-state index contributed by atoms with van der Waals surface area (Å²) >= 11 is 0. The molecule has 1 rings (SSSR count). The number of phenols is 1. The normalized spacial score (nSPS) is 13.9. The number of rotatable bonds is 3. The van der Waals surface area contributed by atoms with Crippen molar-refractivity contribution in [3.63, 3.8) is 0 Å². The summed E-state index contributed by atoms with van der Waals surface area (Å²) < 4.78 is 47.9. The smallest absolute Gasteiger partial charge is 0.419 e. The van der Waals surface area contributed by atoms with E-state index in [4.69, 9.17) is 5.11 Å². The molecule has 1 aromatic carbocycles. The predicted molar refractivity (Wildman–Crippen MR) is 47.4 cm³/mol. The highest BCUT2D eigenvalue weighted by Crippen LogP contribution is 2.26. The van der Waals surface area contributed by atoms with E-state index in [1.807, 2.05) is 0 Å². The lowest BCUT2D eigenvalue weighted by Crippen LogP contribution is -2.24. The lowest BCUT2D eigenvalue weighted by Gasteiger charge is -2.11. The van der Waals surface area contributed by atoms with Crippen LogP contribution in [0.25, 0.3) is 0 Å². The minimum Gasteiger partial charge on any atom is -0.508 e. The fourth-order valence-corrected chi connectivity index (χ4v) is 1.17. The molecule has 1 atom stereocenters. The molecular formula is C10H10F4O. The van der Waals surface area contributed by atoms with Crippen LogP contribution in [0.5, 0.6) is 5.75 Å². The Morgan fingerprint density at radius 1 is 1.27 bits per heavy atom. The van der Waals surface area contributed by atoms with E-state index in [1.165, 1.54) is 18.2 Å². The van der Waals surface area contributed by atoms with E-state index in [2.05, 4.69) is 0 Å². The van der Waals surface area contributed by atoms with Crippen molar-refractivity contribution >= 4 is 0 Å². The number of hydrogen-bond donors (Lipinski definition) is 1. The van der Waals surface area contributed by atoms with E-state index < -0.39 is 18.8 Å².